The van der Waals surface area contributed by atoms with Gasteiger partial charge in [0.2, 0.25) is 0 Å². The fourth-order valence-electron chi connectivity index (χ4n) is 0.966. The molecule has 0 fully saturated rings. The van der Waals surface area contributed by atoms with Crippen LogP contribution in [0, 0.1) is 0 Å². The minimum atomic E-state index is -0.508. The molecule has 0 aliphatic rings. The van der Waals surface area contributed by atoms with Crippen LogP contribution in [-0.2, 0) is 4.74 Å². The smallest absolute Gasteiger partial charge is 0.411 e. The fourth-order valence-corrected chi connectivity index (χ4v) is 1.15. The predicted molar refractivity (Wildman–Crippen MR) is 61.1 cm³/mol. The highest BCUT2D eigenvalue weighted by Crippen LogP contribution is 2.22. The summed E-state index contributed by atoms with van der Waals surface area (Å²) < 4.78 is 4.90. The van der Waals surface area contributed by atoms with Crippen LogP contribution >= 0.6 is 11.6 Å². The molecule has 15 heavy (non-hydrogen) atoms. The number of halogens is 1. The van der Waals surface area contributed by atoms with Gasteiger partial charge in [0, 0.05) is 5.69 Å². The van der Waals surface area contributed by atoms with Crippen LogP contribution in [0.3, 0.4) is 0 Å². The second-order valence-electron chi connectivity index (χ2n) is 3.32. The Morgan fingerprint density at radius 2 is 2.20 bits per heavy atom. The summed E-state index contributed by atoms with van der Waals surface area (Å²) in [5.74, 6) is 0. The van der Waals surface area contributed by atoms with Gasteiger partial charge < -0.3 is 10.5 Å². The lowest BCUT2D eigenvalue weighted by Crippen LogP contribution is -2.17. The van der Waals surface area contributed by atoms with E-state index in [0.717, 1.165) is 0 Å². The molecule has 0 bridgehead atoms. The zero-order valence-electron chi connectivity index (χ0n) is 8.58. The Kier molecular flexibility index (Phi) is 3.80. The molecule has 0 atom stereocenters. The maximum absolute atomic E-state index is 11.2. The molecular formula is C10H13ClN2O2. The van der Waals surface area contributed by atoms with Crippen molar-refractivity contribution in [3.05, 3.63) is 23.2 Å². The third kappa shape index (κ3) is 3.67. The molecule has 82 valence electrons. The van der Waals surface area contributed by atoms with Crippen LogP contribution in [0.15, 0.2) is 18.2 Å². The number of anilines is 2. The van der Waals surface area contributed by atoms with Crippen molar-refractivity contribution in [1.29, 1.82) is 0 Å². The minimum absolute atomic E-state index is 0.158. The summed E-state index contributed by atoms with van der Waals surface area (Å²) in [6.45, 7) is 3.55. The minimum Gasteiger partial charge on any atom is -0.447 e. The van der Waals surface area contributed by atoms with Crippen molar-refractivity contribution in [3.63, 3.8) is 0 Å². The van der Waals surface area contributed by atoms with Crippen LogP contribution in [0.25, 0.3) is 0 Å². The highest BCUT2D eigenvalue weighted by molar-refractivity contribution is 6.33. The van der Waals surface area contributed by atoms with E-state index in [1.54, 1.807) is 32.0 Å². The maximum Gasteiger partial charge on any atom is 0.411 e. The van der Waals surface area contributed by atoms with Gasteiger partial charge >= 0.3 is 6.09 Å². The van der Waals surface area contributed by atoms with E-state index in [4.69, 9.17) is 22.1 Å². The van der Waals surface area contributed by atoms with Crippen molar-refractivity contribution < 1.29 is 9.53 Å². The van der Waals surface area contributed by atoms with Gasteiger partial charge in [-0.3, -0.25) is 5.32 Å². The quantitative estimate of drug-likeness (QED) is 0.765. The van der Waals surface area contributed by atoms with E-state index >= 15 is 0 Å². The molecule has 0 saturated heterocycles. The fraction of sp³-hybridized carbons (Fsp3) is 0.300. The van der Waals surface area contributed by atoms with Gasteiger partial charge in [-0.15, -0.1) is 0 Å². The molecule has 0 heterocycles. The van der Waals surface area contributed by atoms with Gasteiger partial charge in [-0.1, -0.05) is 11.6 Å². The van der Waals surface area contributed by atoms with Crippen LogP contribution < -0.4 is 11.1 Å². The third-order valence-corrected chi connectivity index (χ3v) is 1.92. The first-order valence-corrected chi connectivity index (χ1v) is 4.89. The van der Waals surface area contributed by atoms with Crippen LogP contribution in [0.2, 0.25) is 5.02 Å². The lowest BCUT2D eigenvalue weighted by atomic mass is 10.3. The molecule has 1 aromatic carbocycles. The van der Waals surface area contributed by atoms with Crippen LogP contribution in [0.4, 0.5) is 16.2 Å². The second kappa shape index (κ2) is 4.89. The molecule has 0 spiro atoms. The van der Waals surface area contributed by atoms with Crippen LogP contribution in [0.1, 0.15) is 13.8 Å². The molecule has 0 saturated carbocycles. The molecular weight excluding hydrogens is 216 g/mol. The molecule has 3 N–H and O–H groups in total. The Morgan fingerprint density at radius 1 is 1.53 bits per heavy atom. The summed E-state index contributed by atoms with van der Waals surface area (Å²) in [5, 5.41) is 2.94. The van der Waals surface area contributed by atoms with Crippen molar-refractivity contribution in [1.82, 2.24) is 0 Å². The lowest BCUT2D eigenvalue weighted by molar-refractivity contribution is 0.130. The topological polar surface area (TPSA) is 64.3 Å². The Balaban J connectivity index is 2.65. The van der Waals surface area contributed by atoms with E-state index in [1.165, 1.54) is 0 Å². The average molecular weight is 229 g/mol. The summed E-state index contributed by atoms with van der Waals surface area (Å²) in [6.07, 6.45) is -0.667. The van der Waals surface area contributed by atoms with E-state index in [0.29, 0.717) is 16.4 Å². The van der Waals surface area contributed by atoms with Gasteiger partial charge in [0.1, 0.15) is 0 Å². The average Bonchev–Trinajstić information content (AvgIpc) is 2.10. The lowest BCUT2D eigenvalue weighted by Gasteiger charge is -2.09. The molecule has 0 aliphatic heterocycles. The summed E-state index contributed by atoms with van der Waals surface area (Å²) in [5.41, 5.74) is 6.55. The Bertz CT molecular complexity index is 366. The number of rotatable bonds is 2. The number of carbonyl (C=O) groups excluding carboxylic acids is 1. The van der Waals surface area contributed by atoms with Crippen molar-refractivity contribution >= 4 is 29.1 Å². The van der Waals surface area contributed by atoms with Crippen molar-refractivity contribution in [2.45, 2.75) is 20.0 Å². The number of amides is 1. The highest BCUT2D eigenvalue weighted by atomic mass is 35.5. The number of ether oxygens (including phenoxy) is 1. The Labute approximate surface area is 93.4 Å². The Morgan fingerprint density at radius 3 is 2.73 bits per heavy atom. The molecule has 0 aliphatic carbocycles. The van der Waals surface area contributed by atoms with E-state index in [9.17, 15) is 4.79 Å². The van der Waals surface area contributed by atoms with Gasteiger partial charge in [-0.2, -0.15) is 0 Å². The van der Waals surface area contributed by atoms with Crippen molar-refractivity contribution in [2.75, 3.05) is 11.1 Å². The molecule has 1 aromatic rings. The van der Waals surface area contributed by atoms with E-state index in [-0.39, 0.29) is 6.10 Å². The molecule has 4 nitrogen and oxygen atoms in total. The zero-order chi connectivity index (χ0) is 11.4. The molecule has 0 unspecified atom stereocenters. The van der Waals surface area contributed by atoms with Crippen LogP contribution in [-0.4, -0.2) is 12.2 Å². The molecule has 1 amide bonds. The molecule has 0 aromatic heterocycles. The summed E-state index contributed by atoms with van der Waals surface area (Å²) >= 11 is 5.79. The SMILES string of the molecule is CC(C)OC(=O)Nc1ccc(N)c(Cl)c1. The number of hydrogen-bond donors (Lipinski definition) is 2. The van der Waals surface area contributed by atoms with Gasteiger partial charge in [0.25, 0.3) is 0 Å². The first-order valence-electron chi connectivity index (χ1n) is 4.51. The number of carbonyl (C=O) groups is 1. The number of benzene rings is 1. The largest absolute Gasteiger partial charge is 0.447 e. The van der Waals surface area contributed by atoms with Crippen molar-refractivity contribution in [3.8, 4) is 0 Å². The van der Waals surface area contributed by atoms with Gasteiger partial charge in [-0.25, -0.2) is 4.79 Å². The van der Waals surface area contributed by atoms with Gasteiger partial charge in [0.05, 0.1) is 16.8 Å². The van der Waals surface area contributed by atoms with E-state index in [1.807, 2.05) is 0 Å². The molecule has 0 radical (unpaired) electrons. The van der Waals surface area contributed by atoms with Gasteiger partial charge in [0.15, 0.2) is 0 Å². The summed E-state index contributed by atoms with van der Waals surface area (Å²) in [6, 6.07) is 4.84. The molecule has 5 heteroatoms. The maximum atomic E-state index is 11.2. The predicted octanol–water partition coefficient (Wildman–Crippen LogP) is 2.88. The monoisotopic (exact) mass is 228 g/mol. The van der Waals surface area contributed by atoms with Gasteiger partial charge in [-0.05, 0) is 32.0 Å². The second-order valence-corrected chi connectivity index (χ2v) is 3.72. The number of nitrogen functional groups attached to an aromatic ring is 1. The first-order chi connectivity index (χ1) is 6.99. The summed E-state index contributed by atoms with van der Waals surface area (Å²) in [4.78, 5) is 11.2. The van der Waals surface area contributed by atoms with Crippen molar-refractivity contribution in [2.24, 2.45) is 0 Å². The standard InChI is InChI=1S/C10H13ClN2O2/c1-6(2)15-10(14)13-7-3-4-9(12)8(11)5-7/h3-6H,12H2,1-2H3,(H,13,14). The zero-order valence-corrected chi connectivity index (χ0v) is 9.34. The van der Waals surface area contributed by atoms with E-state index < -0.39 is 6.09 Å². The normalized spacial score (nSPS) is 10.1. The molecule has 1 rings (SSSR count). The first kappa shape index (κ1) is 11.7. The van der Waals surface area contributed by atoms with Crippen LogP contribution in [0.5, 0.6) is 0 Å². The third-order valence-electron chi connectivity index (χ3n) is 1.59. The summed E-state index contributed by atoms with van der Waals surface area (Å²) in [7, 11) is 0. The van der Waals surface area contributed by atoms with E-state index in [2.05, 4.69) is 5.32 Å². The number of hydrogen-bond acceptors (Lipinski definition) is 3. The Hall–Kier alpha value is -1.42. The number of nitrogens with one attached hydrogen (secondary N) is 1. The highest BCUT2D eigenvalue weighted by Gasteiger charge is 2.06. The number of nitrogens with two attached hydrogens (primary N) is 1.